The Morgan fingerprint density at radius 1 is 1.33 bits per heavy atom. The summed E-state index contributed by atoms with van der Waals surface area (Å²) in [6, 6.07) is 0. The van der Waals surface area contributed by atoms with E-state index in [2.05, 4.69) is 25.8 Å². The first-order valence-electron chi connectivity index (χ1n) is 2.86. The smallest absolute Gasteiger partial charge is 0 e. The van der Waals surface area contributed by atoms with Gasteiger partial charge in [-0.15, -0.1) is 0 Å². The average molecular weight is 204 g/mol. The molecular weight excluding hydrogens is 187 g/mol. The molecule has 1 radical (unpaired) electrons. The van der Waals surface area contributed by atoms with Crippen LogP contribution < -0.4 is 0 Å². The Kier molecular flexibility index (Phi) is 21.7. The molecule has 0 unspecified atom stereocenters. The quantitative estimate of drug-likeness (QED) is 0.635. The van der Waals surface area contributed by atoms with E-state index in [0.717, 1.165) is 13.1 Å². The summed E-state index contributed by atoms with van der Waals surface area (Å²) in [6.45, 7) is 6.46. The maximum Gasteiger partial charge on any atom is 0 e. The van der Waals surface area contributed by atoms with Crippen LogP contribution in [0.3, 0.4) is 0 Å². The summed E-state index contributed by atoms with van der Waals surface area (Å²) < 4.78 is 0. The second-order valence-electron chi connectivity index (χ2n) is 1.71. The van der Waals surface area contributed by atoms with Crippen molar-refractivity contribution in [1.29, 1.82) is 0 Å². The first-order valence-corrected chi connectivity index (χ1v) is 2.86. The second kappa shape index (κ2) is 11.8. The zero-order chi connectivity index (χ0) is 5.70. The molecule has 9 heavy (non-hydrogen) atoms. The molecule has 0 amide bonds. The summed E-state index contributed by atoms with van der Waals surface area (Å²) in [7, 11) is 3.78. The van der Waals surface area contributed by atoms with E-state index < -0.39 is 0 Å². The third-order valence-electron chi connectivity index (χ3n) is 0.987. The van der Waals surface area contributed by atoms with Crippen LogP contribution in [0.1, 0.15) is 20.3 Å². The molecule has 0 atom stereocenters. The van der Waals surface area contributed by atoms with Gasteiger partial charge >= 0.3 is 0 Å². The molecule has 0 aromatic rings. The summed E-state index contributed by atoms with van der Waals surface area (Å²) in [5, 5.41) is 0. The van der Waals surface area contributed by atoms with Gasteiger partial charge in [0.15, 0.2) is 0 Å². The van der Waals surface area contributed by atoms with Crippen LogP contribution in [0.5, 0.6) is 0 Å². The predicted molar refractivity (Wildman–Crippen MR) is 39.3 cm³/mol. The minimum atomic E-state index is 0. The predicted octanol–water partition coefficient (Wildman–Crippen LogP) is 1.96. The van der Waals surface area contributed by atoms with Crippen molar-refractivity contribution in [1.82, 2.24) is 4.90 Å². The number of hydrogen-bond donors (Lipinski definition) is 0. The Labute approximate surface area is 85.1 Å². The molecule has 0 bridgehead atoms. The standard InChI is InChI=1S/C6H14N.CH3.Y/c1-4-6-7(3)5-2;;/h3-6H2,1-2H3;1H3;/q2*-1;. The van der Waals surface area contributed by atoms with Crippen LogP contribution in [-0.2, 0) is 32.7 Å². The topological polar surface area (TPSA) is 3.24 Å². The van der Waals surface area contributed by atoms with Crippen LogP contribution in [0.15, 0.2) is 0 Å². The third kappa shape index (κ3) is 12.3. The molecule has 55 valence electrons. The maximum absolute atomic E-state index is 3.78. The molecular formula is C7H17NY-2. The fraction of sp³-hybridized carbons (Fsp3) is 0.714. The van der Waals surface area contributed by atoms with E-state index in [0.29, 0.717) is 0 Å². The van der Waals surface area contributed by atoms with Crippen LogP contribution in [0.4, 0.5) is 0 Å². The normalized spacial score (nSPS) is 8.00. The van der Waals surface area contributed by atoms with E-state index in [1.165, 1.54) is 6.42 Å². The first kappa shape index (κ1) is 16.6. The summed E-state index contributed by atoms with van der Waals surface area (Å²) >= 11 is 0. The molecule has 0 saturated carbocycles. The SMILES string of the molecule is [CH2-]N(CC)CCC.[CH3-].[Y]. The van der Waals surface area contributed by atoms with Crippen molar-refractivity contribution in [2.45, 2.75) is 20.3 Å². The number of rotatable bonds is 3. The molecule has 0 heterocycles. The van der Waals surface area contributed by atoms with E-state index in [1.54, 1.807) is 0 Å². The van der Waals surface area contributed by atoms with E-state index >= 15 is 0 Å². The van der Waals surface area contributed by atoms with Crippen molar-refractivity contribution in [2.24, 2.45) is 0 Å². The monoisotopic (exact) mass is 204 g/mol. The van der Waals surface area contributed by atoms with Gasteiger partial charge in [0, 0.05) is 32.7 Å². The largest absolute Gasteiger partial charge is 0.459 e. The van der Waals surface area contributed by atoms with Gasteiger partial charge < -0.3 is 12.3 Å². The molecule has 0 N–H and O–H groups in total. The Hall–Kier alpha value is 1.06. The fourth-order valence-corrected chi connectivity index (χ4v) is 0.474. The molecule has 0 aromatic carbocycles. The molecule has 0 aliphatic rings. The number of nitrogens with zero attached hydrogens (tertiary/aromatic N) is 1. The van der Waals surface area contributed by atoms with E-state index in [4.69, 9.17) is 0 Å². The van der Waals surface area contributed by atoms with Crippen LogP contribution in [0.25, 0.3) is 0 Å². The van der Waals surface area contributed by atoms with Crippen molar-refractivity contribution < 1.29 is 32.7 Å². The van der Waals surface area contributed by atoms with E-state index in [-0.39, 0.29) is 40.1 Å². The maximum atomic E-state index is 3.78. The Morgan fingerprint density at radius 2 is 1.78 bits per heavy atom. The zero-order valence-corrected chi connectivity index (χ0v) is 9.69. The van der Waals surface area contributed by atoms with Crippen LogP contribution in [0.2, 0.25) is 0 Å². The zero-order valence-electron chi connectivity index (χ0n) is 6.85. The van der Waals surface area contributed by atoms with E-state index in [9.17, 15) is 0 Å². The Balaban J connectivity index is -0.000000180. The van der Waals surface area contributed by atoms with E-state index in [1.807, 2.05) is 0 Å². The summed E-state index contributed by atoms with van der Waals surface area (Å²) in [4.78, 5) is 2.06. The molecule has 0 fully saturated rings. The van der Waals surface area contributed by atoms with Gasteiger partial charge in [0.2, 0.25) is 0 Å². The minimum Gasteiger partial charge on any atom is -0.459 e. The van der Waals surface area contributed by atoms with Gasteiger partial charge in [0.25, 0.3) is 0 Å². The molecule has 0 aliphatic carbocycles. The van der Waals surface area contributed by atoms with Crippen molar-refractivity contribution in [3.8, 4) is 0 Å². The molecule has 0 aromatic heterocycles. The van der Waals surface area contributed by atoms with Crippen molar-refractivity contribution >= 4 is 0 Å². The molecule has 0 rings (SSSR count). The molecule has 1 nitrogen and oxygen atoms in total. The van der Waals surface area contributed by atoms with Gasteiger partial charge in [0.05, 0.1) is 0 Å². The third-order valence-corrected chi connectivity index (χ3v) is 0.987. The first-order chi connectivity index (χ1) is 3.31. The van der Waals surface area contributed by atoms with Crippen molar-refractivity contribution in [3.63, 3.8) is 0 Å². The summed E-state index contributed by atoms with van der Waals surface area (Å²) in [5.41, 5.74) is 0. The van der Waals surface area contributed by atoms with Gasteiger partial charge in [-0.2, -0.15) is 0 Å². The van der Waals surface area contributed by atoms with Crippen LogP contribution in [-0.4, -0.2) is 18.0 Å². The van der Waals surface area contributed by atoms with Crippen molar-refractivity contribution in [2.75, 3.05) is 13.1 Å². The summed E-state index contributed by atoms with van der Waals surface area (Å²) in [6.07, 6.45) is 1.21. The van der Waals surface area contributed by atoms with Gasteiger partial charge in [-0.3, -0.25) is 7.05 Å². The Bertz CT molecular complexity index is 39.9. The molecule has 2 heteroatoms. The van der Waals surface area contributed by atoms with Crippen molar-refractivity contribution in [3.05, 3.63) is 14.5 Å². The van der Waals surface area contributed by atoms with Gasteiger partial charge in [-0.1, -0.05) is 13.8 Å². The molecule has 0 aliphatic heterocycles. The van der Waals surface area contributed by atoms with Gasteiger partial charge in [-0.05, 0) is 19.5 Å². The Morgan fingerprint density at radius 3 is 1.89 bits per heavy atom. The van der Waals surface area contributed by atoms with Gasteiger partial charge in [0.1, 0.15) is 0 Å². The van der Waals surface area contributed by atoms with Gasteiger partial charge in [-0.25, -0.2) is 0 Å². The van der Waals surface area contributed by atoms with Crippen LogP contribution in [0, 0.1) is 14.5 Å². The molecule has 0 saturated heterocycles. The van der Waals surface area contributed by atoms with Crippen LogP contribution >= 0.6 is 0 Å². The fourth-order valence-electron chi connectivity index (χ4n) is 0.474. The average Bonchev–Trinajstić information content (AvgIpc) is 1.68. The summed E-state index contributed by atoms with van der Waals surface area (Å²) in [5.74, 6) is 0. The number of hydrogen-bond acceptors (Lipinski definition) is 1. The molecule has 0 spiro atoms. The minimum absolute atomic E-state index is 0. The second-order valence-corrected chi connectivity index (χ2v) is 1.71.